The van der Waals surface area contributed by atoms with Gasteiger partial charge < -0.3 is 10.0 Å². The molecule has 0 bridgehead atoms. The SMILES string of the molecule is CN(c1ccc(C(=O)O)cn1)C1CC1. The van der Waals surface area contributed by atoms with Gasteiger partial charge in [0.25, 0.3) is 0 Å². The smallest absolute Gasteiger partial charge is 0.337 e. The lowest BCUT2D eigenvalue weighted by Crippen LogP contribution is -2.20. The summed E-state index contributed by atoms with van der Waals surface area (Å²) in [5.41, 5.74) is 0.234. The van der Waals surface area contributed by atoms with Crippen molar-refractivity contribution in [3.63, 3.8) is 0 Å². The Kier molecular flexibility index (Phi) is 2.11. The maximum atomic E-state index is 10.6. The normalized spacial score (nSPS) is 15.2. The summed E-state index contributed by atoms with van der Waals surface area (Å²) in [4.78, 5) is 16.8. The van der Waals surface area contributed by atoms with E-state index < -0.39 is 5.97 Å². The van der Waals surface area contributed by atoms with E-state index in [9.17, 15) is 4.79 Å². The van der Waals surface area contributed by atoms with Crippen LogP contribution in [0.5, 0.6) is 0 Å². The Hall–Kier alpha value is -1.58. The van der Waals surface area contributed by atoms with Crippen LogP contribution in [0.3, 0.4) is 0 Å². The van der Waals surface area contributed by atoms with Crippen LogP contribution in [0.15, 0.2) is 18.3 Å². The van der Waals surface area contributed by atoms with E-state index in [0.717, 1.165) is 5.82 Å². The molecule has 1 aromatic heterocycles. The molecule has 0 atom stereocenters. The number of aromatic nitrogens is 1. The highest BCUT2D eigenvalue weighted by molar-refractivity contribution is 5.87. The van der Waals surface area contributed by atoms with Gasteiger partial charge in [-0.3, -0.25) is 0 Å². The quantitative estimate of drug-likeness (QED) is 0.786. The highest BCUT2D eigenvalue weighted by atomic mass is 16.4. The Balaban J connectivity index is 2.16. The second-order valence-corrected chi connectivity index (χ2v) is 3.55. The number of hydrogen-bond donors (Lipinski definition) is 1. The molecule has 0 aromatic carbocycles. The van der Waals surface area contributed by atoms with Gasteiger partial charge in [-0.1, -0.05) is 0 Å². The molecule has 4 nitrogen and oxygen atoms in total. The molecule has 2 rings (SSSR count). The lowest BCUT2D eigenvalue weighted by molar-refractivity contribution is 0.0696. The number of carbonyl (C=O) groups is 1. The Labute approximate surface area is 82.2 Å². The fraction of sp³-hybridized carbons (Fsp3) is 0.400. The van der Waals surface area contributed by atoms with E-state index in [0.29, 0.717) is 6.04 Å². The molecular formula is C10H12N2O2. The first kappa shape index (κ1) is 8.99. The van der Waals surface area contributed by atoms with E-state index in [1.54, 1.807) is 12.1 Å². The summed E-state index contributed by atoms with van der Waals surface area (Å²) in [6.07, 6.45) is 3.81. The van der Waals surface area contributed by atoms with Crippen molar-refractivity contribution in [2.45, 2.75) is 18.9 Å². The zero-order valence-corrected chi connectivity index (χ0v) is 7.97. The minimum Gasteiger partial charge on any atom is -0.478 e. The van der Waals surface area contributed by atoms with Crippen molar-refractivity contribution < 1.29 is 9.90 Å². The summed E-state index contributed by atoms with van der Waals surface area (Å²) in [7, 11) is 1.99. The van der Waals surface area contributed by atoms with Crippen molar-refractivity contribution >= 4 is 11.8 Å². The Morgan fingerprint density at radius 1 is 1.57 bits per heavy atom. The highest BCUT2D eigenvalue weighted by Crippen LogP contribution is 2.28. The van der Waals surface area contributed by atoms with Gasteiger partial charge in [-0.2, -0.15) is 0 Å². The van der Waals surface area contributed by atoms with Gasteiger partial charge in [0.15, 0.2) is 0 Å². The third-order valence-electron chi connectivity index (χ3n) is 2.45. The van der Waals surface area contributed by atoms with Crippen molar-refractivity contribution in [2.24, 2.45) is 0 Å². The molecule has 74 valence electrons. The molecule has 0 spiro atoms. The molecule has 0 unspecified atom stereocenters. The van der Waals surface area contributed by atoms with Gasteiger partial charge >= 0.3 is 5.97 Å². The first-order valence-electron chi connectivity index (χ1n) is 4.60. The van der Waals surface area contributed by atoms with Gasteiger partial charge in [-0.25, -0.2) is 9.78 Å². The van der Waals surface area contributed by atoms with Crippen LogP contribution in [0.2, 0.25) is 0 Å². The predicted octanol–water partition coefficient (Wildman–Crippen LogP) is 1.38. The fourth-order valence-electron chi connectivity index (χ4n) is 1.37. The lowest BCUT2D eigenvalue weighted by Gasteiger charge is -2.16. The first-order chi connectivity index (χ1) is 6.68. The van der Waals surface area contributed by atoms with E-state index in [2.05, 4.69) is 9.88 Å². The minimum absolute atomic E-state index is 0.234. The average molecular weight is 192 g/mol. The summed E-state index contributed by atoms with van der Waals surface area (Å²) >= 11 is 0. The van der Waals surface area contributed by atoms with Crippen molar-refractivity contribution in [1.29, 1.82) is 0 Å². The molecule has 0 saturated heterocycles. The molecule has 1 heterocycles. The second kappa shape index (κ2) is 3.29. The van der Waals surface area contributed by atoms with Crippen LogP contribution < -0.4 is 4.90 Å². The zero-order valence-electron chi connectivity index (χ0n) is 7.97. The van der Waals surface area contributed by atoms with Gasteiger partial charge in [0.1, 0.15) is 5.82 Å². The number of anilines is 1. The van der Waals surface area contributed by atoms with Crippen molar-refractivity contribution in [3.8, 4) is 0 Å². The van der Waals surface area contributed by atoms with Gasteiger partial charge in [0, 0.05) is 19.3 Å². The molecule has 0 aliphatic heterocycles. The van der Waals surface area contributed by atoms with Gasteiger partial charge in [0.2, 0.25) is 0 Å². The molecule has 1 aliphatic carbocycles. The lowest BCUT2D eigenvalue weighted by atomic mass is 10.3. The van der Waals surface area contributed by atoms with Gasteiger partial charge in [-0.05, 0) is 25.0 Å². The number of hydrogen-bond acceptors (Lipinski definition) is 3. The molecule has 1 aromatic rings. The van der Waals surface area contributed by atoms with E-state index in [4.69, 9.17) is 5.11 Å². The van der Waals surface area contributed by atoms with E-state index in [1.807, 2.05) is 7.05 Å². The fourth-order valence-corrected chi connectivity index (χ4v) is 1.37. The topological polar surface area (TPSA) is 53.4 Å². The van der Waals surface area contributed by atoms with Gasteiger partial charge in [0.05, 0.1) is 5.56 Å². The molecule has 0 radical (unpaired) electrons. The predicted molar refractivity (Wildman–Crippen MR) is 52.6 cm³/mol. The first-order valence-corrected chi connectivity index (χ1v) is 4.60. The maximum absolute atomic E-state index is 10.6. The van der Waals surface area contributed by atoms with Crippen LogP contribution in [-0.2, 0) is 0 Å². The summed E-state index contributed by atoms with van der Waals surface area (Å²) in [6, 6.07) is 3.93. The molecule has 0 amide bonds. The summed E-state index contributed by atoms with van der Waals surface area (Å²) < 4.78 is 0. The number of aromatic carboxylic acids is 1. The average Bonchev–Trinajstić information content (AvgIpc) is 3.00. The Morgan fingerprint density at radius 3 is 2.71 bits per heavy atom. The van der Waals surface area contributed by atoms with Crippen LogP contribution in [0.1, 0.15) is 23.2 Å². The summed E-state index contributed by atoms with van der Waals surface area (Å²) in [5.74, 6) is -0.0874. The van der Waals surface area contributed by atoms with Gasteiger partial charge in [-0.15, -0.1) is 0 Å². The highest BCUT2D eigenvalue weighted by Gasteiger charge is 2.26. The number of carboxylic acids is 1. The second-order valence-electron chi connectivity index (χ2n) is 3.55. The van der Waals surface area contributed by atoms with Crippen molar-refractivity contribution in [2.75, 3.05) is 11.9 Å². The number of carboxylic acid groups (broad SMARTS) is 1. The number of rotatable bonds is 3. The third-order valence-corrected chi connectivity index (χ3v) is 2.45. The molecular weight excluding hydrogens is 180 g/mol. The monoisotopic (exact) mass is 192 g/mol. The maximum Gasteiger partial charge on any atom is 0.337 e. The van der Waals surface area contributed by atoms with E-state index in [1.165, 1.54) is 19.0 Å². The molecule has 14 heavy (non-hydrogen) atoms. The van der Waals surface area contributed by atoms with Crippen LogP contribution >= 0.6 is 0 Å². The van der Waals surface area contributed by atoms with E-state index >= 15 is 0 Å². The standard InChI is InChI=1S/C10H12N2O2/c1-12(8-3-4-8)9-5-2-7(6-11-9)10(13)14/h2,5-6,8H,3-4H2,1H3,(H,13,14). The molecule has 1 N–H and O–H groups in total. The van der Waals surface area contributed by atoms with Crippen LogP contribution in [-0.4, -0.2) is 29.1 Å². The molecule has 1 saturated carbocycles. The van der Waals surface area contributed by atoms with Crippen molar-refractivity contribution in [1.82, 2.24) is 4.98 Å². The third kappa shape index (κ3) is 1.69. The summed E-state index contributed by atoms with van der Waals surface area (Å²) in [5, 5.41) is 8.68. The van der Waals surface area contributed by atoms with Crippen molar-refractivity contribution in [3.05, 3.63) is 23.9 Å². The van der Waals surface area contributed by atoms with Crippen LogP contribution in [0.4, 0.5) is 5.82 Å². The Morgan fingerprint density at radius 2 is 2.29 bits per heavy atom. The number of pyridine rings is 1. The summed E-state index contributed by atoms with van der Waals surface area (Å²) in [6.45, 7) is 0. The Bertz CT molecular complexity index is 344. The van der Waals surface area contributed by atoms with E-state index in [-0.39, 0.29) is 5.56 Å². The number of nitrogens with zero attached hydrogens (tertiary/aromatic N) is 2. The largest absolute Gasteiger partial charge is 0.478 e. The van der Waals surface area contributed by atoms with Crippen LogP contribution in [0, 0.1) is 0 Å². The molecule has 4 heteroatoms. The van der Waals surface area contributed by atoms with Crippen LogP contribution in [0.25, 0.3) is 0 Å². The zero-order chi connectivity index (χ0) is 10.1. The minimum atomic E-state index is -0.932. The molecule has 1 aliphatic rings. The molecule has 1 fully saturated rings.